The van der Waals surface area contributed by atoms with Gasteiger partial charge in [0.1, 0.15) is 5.82 Å². The maximum Gasteiger partial charge on any atom is 0.419 e. The van der Waals surface area contributed by atoms with E-state index in [9.17, 15) is 34.4 Å². The van der Waals surface area contributed by atoms with Gasteiger partial charge in [0.15, 0.2) is 0 Å². The predicted molar refractivity (Wildman–Crippen MR) is 103 cm³/mol. The minimum Gasteiger partial charge on any atom is -0.212 e. The van der Waals surface area contributed by atoms with Gasteiger partial charge in [-0.3, -0.25) is 0 Å². The number of rotatable bonds is 8. The molecule has 2 rings (SSSR count). The molecule has 2 aromatic carbocycles. The predicted octanol–water partition coefficient (Wildman–Crippen LogP) is 3.15. The van der Waals surface area contributed by atoms with Crippen LogP contribution >= 0.6 is 0 Å². The van der Waals surface area contributed by atoms with Crippen LogP contribution in [0.1, 0.15) is 30.5 Å². The molecular formula is C18H20F4N2O4S2. The number of benzene rings is 2. The van der Waals surface area contributed by atoms with Crippen LogP contribution in [0.15, 0.2) is 47.4 Å². The molecular weight excluding hydrogens is 448 g/mol. The molecule has 0 bridgehead atoms. The molecule has 0 aromatic heterocycles. The van der Waals surface area contributed by atoms with E-state index in [4.69, 9.17) is 0 Å². The van der Waals surface area contributed by atoms with E-state index in [-0.39, 0.29) is 24.4 Å². The normalized spacial score (nSPS) is 13.0. The van der Waals surface area contributed by atoms with Gasteiger partial charge < -0.3 is 0 Å². The van der Waals surface area contributed by atoms with Gasteiger partial charge in [-0.15, -0.1) is 0 Å². The maximum atomic E-state index is 13.3. The lowest BCUT2D eigenvalue weighted by Crippen LogP contribution is -2.31. The van der Waals surface area contributed by atoms with Crippen LogP contribution in [0.4, 0.5) is 17.6 Å². The molecule has 0 aliphatic heterocycles. The number of halogens is 4. The highest BCUT2D eigenvalue weighted by atomic mass is 32.2. The summed E-state index contributed by atoms with van der Waals surface area (Å²) in [4.78, 5) is -0.723. The van der Waals surface area contributed by atoms with E-state index in [0.717, 1.165) is 6.07 Å². The molecule has 0 saturated carbocycles. The zero-order chi connectivity index (χ0) is 22.7. The Bertz CT molecular complexity index is 1100. The Kier molecular flexibility index (Phi) is 7.28. The molecule has 166 valence electrons. The van der Waals surface area contributed by atoms with Gasteiger partial charge in [0.2, 0.25) is 20.0 Å². The Morgan fingerprint density at radius 3 is 2.03 bits per heavy atom. The third kappa shape index (κ3) is 6.76. The SMILES string of the molecule is CC(C)NS(=O)(=O)Cc1ccc(CNS(=O)(=O)c2ccc(F)c(C(F)(F)F)c2)cc1. The molecule has 2 aromatic rings. The third-order valence-corrected chi connectivity index (χ3v) is 6.76. The lowest BCUT2D eigenvalue weighted by atomic mass is 10.1. The van der Waals surface area contributed by atoms with E-state index < -0.39 is 42.5 Å². The van der Waals surface area contributed by atoms with Crippen molar-refractivity contribution >= 4 is 20.0 Å². The molecule has 0 atom stereocenters. The fourth-order valence-electron chi connectivity index (χ4n) is 2.52. The van der Waals surface area contributed by atoms with Crippen LogP contribution in [0, 0.1) is 5.82 Å². The Morgan fingerprint density at radius 1 is 0.933 bits per heavy atom. The number of nitrogens with one attached hydrogen (secondary N) is 2. The lowest BCUT2D eigenvalue weighted by molar-refractivity contribution is -0.140. The average Bonchev–Trinajstić information content (AvgIpc) is 2.59. The van der Waals surface area contributed by atoms with Gasteiger partial charge >= 0.3 is 6.18 Å². The van der Waals surface area contributed by atoms with Gasteiger partial charge in [-0.25, -0.2) is 30.7 Å². The van der Waals surface area contributed by atoms with Crippen molar-refractivity contribution in [1.82, 2.24) is 9.44 Å². The third-order valence-electron chi connectivity index (χ3n) is 3.81. The number of alkyl halides is 3. The zero-order valence-electron chi connectivity index (χ0n) is 16.0. The highest BCUT2D eigenvalue weighted by Gasteiger charge is 2.35. The maximum absolute atomic E-state index is 13.3. The largest absolute Gasteiger partial charge is 0.419 e. The summed E-state index contributed by atoms with van der Waals surface area (Å²) in [5.41, 5.74) is -0.747. The van der Waals surface area contributed by atoms with Crippen LogP contribution in [0.5, 0.6) is 0 Å². The quantitative estimate of drug-likeness (QED) is 0.583. The second kappa shape index (κ2) is 9.00. The van der Waals surface area contributed by atoms with E-state index in [1.165, 1.54) is 24.3 Å². The lowest BCUT2D eigenvalue weighted by Gasteiger charge is -2.12. The molecule has 0 spiro atoms. The zero-order valence-corrected chi connectivity index (χ0v) is 17.6. The van der Waals surface area contributed by atoms with E-state index in [2.05, 4.69) is 9.44 Å². The van der Waals surface area contributed by atoms with E-state index in [0.29, 0.717) is 17.2 Å². The fourth-order valence-corrected chi connectivity index (χ4v) is 5.00. The van der Waals surface area contributed by atoms with Crippen molar-refractivity contribution in [2.24, 2.45) is 0 Å². The van der Waals surface area contributed by atoms with Gasteiger partial charge in [-0.2, -0.15) is 13.2 Å². The summed E-state index contributed by atoms with van der Waals surface area (Å²) in [6, 6.07) is 7.15. The molecule has 0 aliphatic carbocycles. The van der Waals surface area contributed by atoms with Crippen molar-refractivity contribution in [3.63, 3.8) is 0 Å². The first-order valence-corrected chi connectivity index (χ1v) is 11.8. The molecule has 6 nitrogen and oxygen atoms in total. The van der Waals surface area contributed by atoms with Crippen LogP contribution in [-0.2, 0) is 38.5 Å². The summed E-state index contributed by atoms with van der Waals surface area (Å²) in [6.07, 6.45) is -5.03. The molecule has 0 aliphatic rings. The Hall–Kier alpha value is -2.02. The number of hydrogen-bond acceptors (Lipinski definition) is 4. The Labute approximate surface area is 172 Å². The topological polar surface area (TPSA) is 92.3 Å². The first kappa shape index (κ1) is 24.3. The number of hydrogen-bond donors (Lipinski definition) is 2. The van der Waals surface area contributed by atoms with Crippen molar-refractivity contribution in [3.05, 3.63) is 65.0 Å². The van der Waals surface area contributed by atoms with Crippen LogP contribution in [0.25, 0.3) is 0 Å². The molecule has 0 fully saturated rings. The minimum atomic E-state index is -5.03. The fraction of sp³-hybridized carbons (Fsp3) is 0.333. The van der Waals surface area contributed by atoms with Crippen LogP contribution in [0.3, 0.4) is 0 Å². The second-order valence-electron chi connectivity index (χ2n) is 6.81. The first-order chi connectivity index (χ1) is 13.7. The molecule has 0 unspecified atom stereocenters. The average molecular weight is 468 g/mol. The smallest absolute Gasteiger partial charge is 0.212 e. The van der Waals surface area contributed by atoms with Gasteiger partial charge in [-0.05, 0) is 43.2 Å². The molecule has 0 amide bonds. The summed E-state index contributed by atoms with van der Waals surface area (Å²) >= 11 is 0. The molecule has 0 saturated heterocycles. The molecule has 0 heterocycles. The molecule has 0 radical (unpaired) electrons. The summed E-state index contributed by atoms with van der Waals surface area (Å²) in [6.45, 7) is 3.12. The minimum absolute atomic E-state index is 0.230. The highest BCUT2D eigenvalue weighted by Crippen LogP contribution is 2.32. The highest BCUT2D eigenvalue weighted by molar-refractivity contribution is 7.89. The van der Waals surface area contributed by atoms with Crippen LogP contribution in [-0.4, -0.2) is 22.9 Å². The van der Waals surface area contributed by atoms with Gasteiger partial charge in [0.05, 0.1) is 16.2 Å². The second-order valence-corrected chi connectivity index (χ2v) is 10.3. The van der Waals surface area contributed by atoms with E-state index in [1.807, 2.05) is 0 Å². The van der Waals surface area contributed by atoms with Crippen molar-refractivity contribution in [3.8, 4) is 0 Å². The van der Waals surface area contributed by atoms with Crippen molar-refractivity contribution < 1.29 is 34.4 Å². The first-order valence-electron chi connectivity index (χ1n) is 8.64. The molecule has 30 heavy (non-hydrogen) atoms. The van der Waals surface area contributed by atoms with Gasteiger partial charge in [0.25, 0.3) is 0 Å². The summed E-state index contributed by atoms with van der Waals surface area (Å²) < 4.78 is 105. The molecule has 2 N–H and O–H groups in total. The van der Waals surface area contributed by atoms with Crippen molar-refractivity contribution in [2.45, 2.75) is 43.3 Å². The Balaban J connectivity index is 2.10. The van der Waals surface area contributed by atoms with Crippen LogP contribution in [0.2, 0.25) is 0 Å². The molecule has 12 heteroatoms. The summed E-state index contributed by atoms with van der Waals surface area (Å²) in [7, 11) is -7.86. The summed E-state index contributed by atoms with van der Waals surface area (Å²) in [5, 5.41) is 0. The van der Waals surface area contributed by atoms with Crippen molar-refractivity contribution in [2.75, 3.05) is 0 Å². The van der Waals surface area contributed by atoms with Crippen LogP contribution < -0.4 is 9.44 Å². The Morgan fingerprint density at radius 2 is 1.50 bits per heavy atom. The monoisotopic (exact) mass is 468 g/mol. The summed E-state index contributed by atoms with van der Waals surface area (Å²) in [5.74, 6) is -1.83. The van der Waals surface area contributed by atoms with E-state index in [1.54, 1.807) is 13.8 Å². The van der Waals surface area contributed by atoms with Gasteiger partial charge in [-0.1, -0.05) is 24.3 Å². The standard InChI is InChI=1S/C18H20F4N2O4S2/c1-12(2)24-29(25,26)11-14-5-3-13(4-6-14)10-23-30(27,28)15-7-8-17(19)16(9-15)18(20,21)22/h3-9,12,23-24H,10-11H2,1-2H3. The van der Waals surface area contributed by atoms with Gasteiger partial charge in [0, 0.05) is 12.6 Å². The number of sulfonamides is 2. The van der Waals surface area contributed by atoms with Crippen molar-refractivity contribution in [1.29, 1.82) is 0 Å². The van der Waals surface area contributed by atoms with E-state index >= 15 is 0 Å².